The van der Waals surface area contributed by atoms with Crippen molar-refractivity contribution in [2.45, 2.75) is 45.3 Å². The molecule has 1 fully saturated rings. The van der Waals surface area contributed by atoms with Crippen LogP contribution in [0.1, 0.15) is 31.9 Å². The zero-order valence-electron chi connectivity index (χ0n) is 11.4. The second kappa shape index (κ2) is 6.68. The molecule has 2 N–H and O–H groups in total. The van der Waals surface area contributed by atoms with E-state index < -0.39 is 0 Å². The molecule has 6 nitrogen and oxygen atoms in total. The molecule has 2 heterocycles. The normalized spacial score (nSPS) is 20.4. The summed E-state index contributed by atoms with van der Waals surface area (Å²) in [5.74, 6) is 1.05. The average molecular weight is 267 g/mol. The molecule has 1 aromatic heterocycles. The fourth-order valence-electron chi connectivity index (χ4n) is 2.14. The second-order valence-corrected chi connectivity index (χ2v) is 4.82. The van der Waals surface area contributed by atoms with Gasteiger partial charge < -0.3 is 19.9 Å². The Morgan fingerprint density at radius 1 is 1.63 bits per heavy atom. The molecule has 1 saturated heterocycles. The van der Waals surface area contributed by atoms with Gasteiger partial charge in [0.05, 0.1) is 12.1 Å². The van der Waals surface area contributed by atoms with Gasteiger partial charge in [-0.05, 0) is 26.2 Å². The molecule has 0 radical (unpaired) electrons. The van der Waals surface area contributed by atoms with E-state index in [1.165, 1.54) is 0 Å². The van der Waals surface area contributed by atoms with Crippen LogP contribution >= 0.6 is 0 Å². The summed E-state index contributed by atoms with van der Waals surface area (Å²) < 4.78 is 10.4. The van der Waals surface area contributed by atoms with E-state index in [0.717, 1.165) is 25.9 Å². The maximum Gasteiger partial charge on any atom is 0.242 e. The number of hydrogen-bond donors (Lipinski definition) is 2. The fraction of sp³-hybridized carbons (Fsp3) is 0.692. The van der Waals surface area contributed by atoms with Crippen molar-refractivity contribution in [1.82, 2.24) is 10.5 Å². The molecular weight excluding hydrogens is 246 g/mol. The Hall–Kier alpha value is -1.40. The van der Waals surface area contributed by atoms with E-state index >= 15 is 0 Å². The Bertz CT molecular complexity index is 413. The molecule has 1 aromatic rings. The van der Waals surface area contributed by atoms with Crippen LogP contribution in [0.3, 0.4) is 0 Å². The standard InChI is InChI=1S/C13H21N3O3/c1-3-11(14-8-10-5-4-6-18-10)13(17)15-12-7-9(2)19-16-12/h7,10-11,14H,3-6,8H2,1-2H3,(H,15,16,17)/t10-,11+/m1/s1. The maximum absolute atomic E-state index is 12.1. The van der Waals surface area contributed by atoms with Gasteiger partial charge in [-0.3, -0.25) is 4.79 Å². The number of aryl methyl sites for hydroxylation is 1. The number of amides is 1. The first kappa shape index (κ1) is 14.0. The molecular formula is C13H21N3O3. The number of carbonyl (C=O) groups is 1. The summed E-state index contributed by atoms with van der Waals surface area (Å²) in [4.78, 5) is 12.1. The number of nitrogens with one attached hydrogen (secondary N) is 2. The van der Waals surface area contributed by atoms with Crippen molar-refractivity contribution < 1.29 is 14.1 Å². The van der Waals surface area contributed by atoms with Crippen molar-refractivity contribution in [2.75, 3.05) is 18.5 Å². The first-order valence-corrected chi connectivity index (χ1v) is 6.78. The molecule has 0 unspecified atom stereocenters. The highest BCUT2D eigenvalue weighted by molar-refractivity contribution is 5.93. The molecule has 0 saturated carbocycles. The smallest absolute Gasteiger partial charge is 0.242 e. The minimum Gasteiger partial charge on any atom is -0.377 e. The van der Waals surface area contributed by atoms with Gasteiger partial charge in [-0.25, -0.2) is 0 Å². The minimum atomic E-state index is -0.235. The van der Waals surface area contributed by atoms with Gasteiger partial charge in [0.25, 0.3) is 0 Å². The molecule has 19 heavy (non-hydrogen) atoms. The van der Waals surface area contributed by atoms with Crippen molar-refractivity contribution in [2.24, 2.45) is 0 Å². The number of rotatable bonds is 6. The Morgan fingerprint density at radius 2 is 2.47 bits per heavy atom. The van der Waals surface area contributed by atoms with E-state index in [-0.39, 0.29) is 18.1 Å². The third kappa shape index (κ3) is 4.04. The highest BCUT2D eigenvalue weighted by Gasteiger charge is 2.21. The first-order valence-electron chi connectivity index (χ1n) is 6.78. The fourth-order valence-corrected chi connectivity index (χ4v) is 2.14. The quantitative estimate of drug-likeness (QED) is 0.816. The highest BCUT2D eigenvalue weighted by atomic mass is 16.5. The average Bonchev–Trinajstić information content (AvgIpc) is 3.02. The van der Waals surface area contributed by atoms with Gasteiger partial charge >= 0.3 is 0 Å². The van der Waals surface area contributed by atoms with Crippen molar-refractivity contribution in [3.63, 3.8) is 0 Å². The summed E-state index contributed by atoms with van der Waals surface area (Å²) >= 11 is 0. The number of aromatic nitrogens is 1. The zero-order valence-corrected chi connectivity index (χ0v) is 11.4. The highest BCUT2D eigenvalue weighted by Crippen LogP contribution is 2.12. The number of hydrogen-bond acceptors (Lipinski definition) is 5. The van der Waals surface area contributed by atoms with Crippen LogP contribution in [0.15, 0.2) is 10.6 Å². The summed E-state index contributed by atoms with van der Waals surface area (Å²) in [6, 6.07) is 1.46. The summed E-state index contributed by atoms with van der Waals surface area (Å²) in [5.41, 5.74) is 0. The van der Waals surface area contributed by atoms with Gasteiger partial charge in [-0.2, -0.15) is 0 Å². The molecule has 0 aromatic carbocycles. The van der Waals surface area contributed by atoms with Crippen molar-refractivity contribution in [3.8, 4) is 0 Å². The van der Waals surface area contributed by atoms with Gasteiger partial charge in [-0.1, -0.05) is 12.1 Å². The Balaban J connectivity index is 1.80. The van der Waals surface area contributed by atoms with Crippen LogP contribution in [0.4, 0.5) is 5.82 Å². The van der Waals surface area contributed by atoms with Gasteiger partial charge in [0.2, 0.25) is 5.91 Å². The molecule has 1 aliphatic heterocycles. The van der Waals surface area contributed by atoms with Crippen LogP contribution in [0.2, 0.25) is 0 Å². The molecule has 2 atom stereocenters. The van der Waals surface area contributed by atoms with Crippen LogP contribution in [0, 0.1) is 6.92 Å². The third-order valence-electron chi connectivity index (χ3n) is 3.22. The molecule has 2 rings (SSSR count). The first-order chi connectivity index (χ1) is 9.19. The lowest BCUT2D eigenvalue weighted by molar-refractivity contribution is -0.118. The Kier molecular flexibility index (Phi) is 4.93. The second-order valence-electron chi connectivity index (χ2n) is 4.82. The SMILES string of the molecule is CC[C@H](NC[C@H]1CCCO1)C(=O)Nc1cc(C)on1. The van der Waals surface area contributed by atoms with Gasteiger partial charge in [0.1, 0.15) is 5.76 Å². The van der Waals surface area contributed by atoms with Crippen LogP contribution in [0.25, 0.3) is 0 Å². The predicted octanol–water partition coefficient (Wildman–Crippen LogP) is 1.47. The summed E-state index contributed by atoms with van der Waals surface area (Å²) in [6.07, 6.45) is 3.12. The largest absolute Gasteiger partial charge is 0.377 e. The van der Waals surface area contributed by atoms with Crippen LogP contribution in [-0.2, 0) is 9.53 Å². The van der Waals surface area contributed by atoms with E-state index in [2.05, 4.69) is 15.8 Å². The number of ether oxygens (including phenoxy) is 1. The molecule has 0 bridgehead atoms. The monoisotopic (exact) mass is 267 g/mol. The lowest BCUT2D eigenvalue weighted by atomic mass is 10.2. The summed E-state index contributed by atoms with van der Waals surface area (Å²) in [6.45, 7) is 5.30. The van der Waals surface area contributed by atoms with Crippen LogP contribution < -0.4 is 10.6 Å². The molecule has 1 aliphatic rings. The number of anilines is 1. The molecule has 0 aliphatic carbocycles. The topological polar surface area (TPSA) is 76.4 Å². The Morgan fingerprint density at radius 3 is 3.05 bits per heavy atom. The number of carbonyl (C=O) groups excluding carboxylic acids is 1. The minimum absolute atomic E-state index is 0.0891. The molecule has 1 amide bonds. The molecule has 106 valence electrons. The van der Waals surface area contributed by atoms with E-state index in [4.69, 9.17) is 9.26 Å². The van der Waals surface area contributed by atoms with E-state index in [1.807, 2.05) is 6.92 Å². The van der Waals surface area contributed by atoms with Crippen molar-refractivity contribution >= 4 is 11.7 Å². The zero-order chi connectivity index (χ0) is 13.7. The summed E-state index contributed by atoms with van der Waals surface area (Å²) in [5, 5.41) is 9.74. The van der Waals surface area contributed by atoms with Gasteiger partial charge in [0, 0.05) is 19.2 Å². The van der Waals surface area contributed by atoms with E-state index in [0.29, 0.717) is 18.1 Å². The lowest BCUT2D eigenvalue weighted by Gasteiger charge is -2.18. The van der Waals surface area contributed by atoms with Crippen LogP contribution in [-0.4, -0.2) is 36.4 Å². The van der Waals surface area contributed by atoms with Crippen molar-refractivity contribution in [1.29, 1.82) is 0 Å². The van der Waals surface area contributed by atoms with E-state index in [1.54, 1.807) is 13.0 Å². The maximum atomic E-state index is 12.1. The predicted molar refractivity (Wildman–Crippen MR) is 70.9 cm³/mol. The molecule has 6 heteroatoms. The van der Waals surface area contributed by atoms with Crippen molar-refractivity contribution in [3.05, 3.63) is 11.8 Å². The Labute approximate surface area is 112 Å². The number of nitrogens with zero attached hydrogens (tertiary/aromatic N) is 1. The van der Waals surface area contributed by atoms with Gasteiger partial charge in [-0.15, -0.1) is 0 Å². The van der Waals surface area contributed by atoms with Gasteiger partial charge in [0.15, 0.2) is 5.82 Å². The lowest BCUT2D eigenvalue weighted by Crippen LogP contribution is -2.43. The van der Waals surface area contributed by atoms with Crippen LogP contribution in [0.5, 0.6) is 0 Å². The van der Waals surface area contributed by atoms with E-state index in [9.17, 15) is 4.79 Å². The third-order valence-corrected chi connectivity index (χ3v) is 3.22. The molecule has 0 spiro atoms. The summed E-state index contributed by atoms with van der Waals surface area (Å²) in [7, 11) is 0.